The molecule has 1 saturated heterocycles. The van der Waals surface area contributed by atoms with E-state index in [9.17, 15) is 0 Å². The van der Waals surface area contributed by atoms with Gasteiger partial charge in [0.15, 0.2) is 0 Å². The summed E-state index contributed by atoms with van der Waals surface area (Å²) >= 11 is 0. The summed E-state index contributed by atoms with van der Waals surface area (Å²) in [7, 11) is 0. The van der Waals surface area contributed by atoms with Crippen molar-refractivity contribution in [2.24, 2.45) is 11.7 Å². The molecule has 1 aliphatic rings. The van der Waals surface area contributed by atoms with Gasteiger partial charge in [-0.05, 0) is 44.7 Å². The highest BCUT2D eigenvalue weighted by Gasteiger charge is 2.23. The van der Waals surface area contributed by atoms with Gasteiger partial charge in [-0.1, -0.05) is 27.2 Å². The summed E-state index contributed by atoms with van der Waals surface area (Å²) in [5, 5.41) is 0. The Morgan fingerprint density at radius 1 is 1.20 bits per heavy atom. The minimum Gasteiger partial charge on any atom is -0.328 e. The van der Waals surface area contributed by atoms with Crippen molar-refractivity contribution < 1.29 is 0 Å². The third kappa shape index (κ3) is 4.12. The van der Waals surface area contributed by atoms with Crippen molar-refractivity contribution in [3.63, 3.8) is 0 Å². The first kappa shape index (κ1) is 13.0. The highest BCUT2D eigenvalue weighted by atomic mass is 15.2. The molecule has 90 valence electrons. The summed E-state index contributed by atoms with van der Waals surface area (Å²) in [4.78, 5) is 2.66. The Kier molecular flexibility index (Phi) is 5.62. The maximum absolute atomic E-state index is 5.94. The lowest BCUT2D eigenvalue weighted by Crippen LogP contribution is -2.45. The Labute approximate surface area is 95.2 Å². The molecule has 2 heteroatoms. The first-order valence-electron chi connectivity index (χ1n) is 6.67. The minimum atomic E-state index is 0.461. The van der Waals surface area contributed by atoms with E-state index in [4.69, 9.17) is 5.73 Å². The van der Waals surface area contributed by atoms with Crippen molar-refractivity contribution in [2.45, 2.75) is 65.0 Å². The van der Waals surface area contributed by atoms with Gasteiger partial charge in [0, 0.05) is 12.1 Å². The zero-order valence-electron chi connectivity index (χ0n) is 10.7. The maximum Gasteiger partial charge on any atom is 0.00951 e. The molecule has 0 saturated carbocycles. The van der Waals surface area contributed by atoms with Crippen molar-refractivity contribution in [3.8, 4) is 0 Å². The fourth-order valence-corrected chi connectivity index (χ4v) is 2.49. The Hall–Kier alpha value is -0.0800. The number of nitrogens with zero attached hydrogens (tertiary/aromatic N) is 1. The van der Waals surface area contributed by atoms with Crippen LogP contribution in [0.4, 0.5) is 0 Å². The molecule has 0 aromatic heterocycles. The van der Waals surface area contributed by atoms with E-state index < -0.39 is 0 Å². The number of hydrogen-bond acceptors (Lipinski definition) is 2. The monoisotopic (exact) mass is 212 g/mol. The maximum atomic E-state index is 5.94. The minimum absolute atomic E-state index is 0.461. The molecule has 1 fully saturated rings. The molecular weight excluding hydrogens is 184 g/mol. The largest absolute Gasteiger partial charge is 0.328 e. The average Bonchev–Trinajstić information content (AvgIpc) is 2.27. The van der Waals surface area contributed by atoms with E-state index in [1.54, 1.807) is 0 Å². The fraction of sp³-hybridized carbons (Fsp3) is 1.00. The van der Waals surface area contributed by atoms with Gasteiger partial charge in [0.05, 0.1) is 0 Å². The van der Waals surface area contributed by atoms with Crippen LogP contribution in [-0.2, 0) is 0 Å². The summed E-state index contributed by atoms with van der Waals surface area (Å²) in [5.41, 5.74) is 5.94. The van der Waals surface area contributed by atoms with Gasteiger partial charge >= 0.3 is 0 Å². The number of rotatable bonds is 5. The van der Waals surface area contributed by atoms with Gasteiger partial charge in [-0.25, -0.2) is 0 Å². The second-order valence-corrected chi connectivity index (χ2v) is 5.18. The molecule has 0 aromatic rings. The van der Waals surface area contributed by atoms with E-state index >= 15 is 0 Å². The molecule has 2 nitrogen and oxygen atoms in total. The highest BCUT2D eigenvalue weighted by Crippen LogP contribution is 2.20. The molecule has 0 radical (unpaired) electrons. The van der Waals surface area contributed by atoms with Gasteiger partial charge < -0.3 is 10.6 Å². The summed E-state index contributed by atoms with van der Waals surface area (Å²) in [6.07, 6.45) is 6.35. The second-order valence-electron chi connectivity index (χ2n) is 5.18. The van der Waals surface area contributed by atoms with E-state index in [-0.39, 0.29) is 0 Å². The van der Waals surface area contributed by atoms with Crippen molar-refractivity contribution >= 4 is 0 Å². The molecule has 1 heterocycles. The topological polar surface area (TPSA) is 29.3 Å². The predicted molar refractivity (Wildman–Crippen MR) is 66.9 cm³/mol. The van der Waals surface area contributed by atoms with E-state index in [1.165, 1.54) is 45.2 Å². The van der Waals surface area contributed by atoms with Crippen LogP contribution < -0.4 is 5.73 Å². The van der Waals surface area contributed by atoms with Crippen LogP contribution in [0.15, 0.2) is 0 Å². The van der Waals surface area contributed by atoms with Crippen molar-refractivity contribution in [2.75, 3.05) is 13.1 Å². The summed E-state index contributed by atoms with van der Waals surface area (Å²) in [5.74, 6) is 0.866. The molecule has 2 atom stereocenters. The van der Waals surface area contributed by atoms with Gasteiger partial charge in [-0.2, -0.15) is 0 Å². The van der Waals surface area contributed by atoms with Gasteiger partial charge in [0.25, 0.3) is 0 Å². The van der Waals surface area contributed by atoms with Crippen LogP contribution in [0.1, 0.15) is 52.9 Å². The van der Waals surface area contributed by atoms with E-state index in [0.717, 1.165) is 12.0 Å². The molecule has 2 unspecified atom stereocenters. The molecule has 1 aliphatic heterocycles. The Morgan fingerprint density at radius 3 is 2.27 bits per heavy atom. The Morgan fingerprint density at radius 2 is 1.80 bits per heavy atom. The summed E-state index contributed by atoms with van der Waals surface area (Å²) in [6, 6.07) is 1.26. The first-order valence-corrected chi connectivity index (χ1v) is 6.67. The molecular formula is C13H28N2. The lowest BCUT2D eigenvalue weighted by Gasteiger charge is -2.37. The van der Waals surface area contributed by atoms with Crippen molar-refractivity contribution in [3.05, 3.63) is 0 Å². The molecule has 0 bridgehead atoms. The van der Waals surface area contributed by atoms with Gasteiger partial charge in [-0.15, -0.1) is 0 Å². The zero-order chi connectivity index (χ0) is 11.3. The fourth-order valence-electron chi connectivity index (χ4n) is 2.49. The van der Waals surface area contributed by atoms with Gasteiger partial charge in [-0.3, -0.25) is 0 Å². The van der Waals surface area contributed by atoms with Crippen LogP contribution >= 0.6 is 0 Å². The lowest BCUT2D eigenvalue weighted by atomic mass is 9.94. The quantitative estimate of drug-likeness (QED) is 0.759. The SMILES string of the molecule is CCC(C)CC(CC)N1CCC(N)CC1. The molecule has 2 N–H and O–H groups in total. The molecule has 15 heavy (non-hydrogen) atoms. The predicted octanol–water partition coefficient (Wildman–Crippen LogP) is 2.62. The molecule has 0 spiro atoms. The van der Waals surface area contributed by atoms with E-state index in [1.807, 2.05) is 0 Å². The summed E-state index contributed by atoms with van der Waals surface area (Å²) < 4.78 is 0. The van der Waals surface area contributed by atoms with E-state index in [0.29, 0.717) is 6.04 Å². The average molecular weight is 212 g/mol. The number of hydrogen-bond donors (Lipinski definition) is 1. The number of piperidine rings is 1. The van der Waals surface area contributed by atoms with Crippen molar-refractivity contribution in [1.82, 2.24) is 4.90 Å². The van der Waals surface area contributed by atoms with Crippen LogP contribution in [0.3, 0.4) is 0 Å². The number of nitrogens with two attached hydrogens (primary N) is 1. The van der Waals surface area contributed by atoms with E-state index in [2.05, 4.69) is 25.7 Å². The normalized spacial score (nSPS) is 24.0. The number of likely N-dealkylation sites (tertiary alicyclic amines) is 1. The van der Waals surface area contributed by atoms with Crippen LogP contribution in [0.5, 0.6) is 0 Å². The summed E-state index contributed by atoms with van der Waals surface area (Å²) in [6.45, 7) is 9.43. The van der Waals surface area contributed by atoms with Crippen molar-refractivity contribution in [1.29, 1.82) is 0 Å². The molecule has 0 aromatic carbocycles. The van der Waals surface area contributed by atoms with Gasteiger partial charge in [0.2, 0.25) is 0 Å². The van der Waals surface area contributed by atoms with Crippen LogP contribution in [0, 0.1) is 5.92 Å². The third-order valence-electron chi connectivity index (χ3n) is 3.93. The van der Waals surface area contributed by atoms with Crippen LogP contribution in [-0.4, -0.2) is 30.1 Å². The Balaban J connectivity index is 2.37. The van der Waals surface area contributed by atoms with Crippen LogP contribution in [0.25, 0.3) is 0 Å². The van der Waals surface area contributed by atoms with Gasteiger partial charge in [0.1, 0.15) is 0 Å². The molecule has 0 aliphatic carbocycles. The smallest absolute Gasteiger partial charge is 0.00951 e. The lowest BCUT2D eigenvalue weighted by molar-refractivity contribution is 0.129. The van der Waals surface area contributed by atoms with Crippen LogP contribution in [0.2, 0.25) is 0 Å². The Bertz CT molecular complexity index is 162. The molecule has 0 amide bonds. The first-order chi connectivity index (χ1) is 7.17. The third-order valence-corrected chi connectivity index (χ3v) is 3.93. The highest BCUT2D eigenvalue weighted by molar-refractivity contribution is 4.80. The molecule has 1 rings (SSSR count). The second kappa shape index (κ2) is 6.49. The standard InChI is InChI=1S/C13H28N2/c1-4-11(3)10-13(5-2)15-8-6-12(14)7-9-15/h11-13H,4-10,14H2,1-3H3. The zero-order valence-corrected chi connectivity index (χ0v) is 10.7.